The van der Waals surface area contributed by atoms with Crippen LogP contribution in [0.1, 0.15) is 24.8 Å². The Kier molecular flexibility index (Phi) is 4.20. The minimum Gasteiger partial charge on any atom is -0.508 e. The van der Waals surface area contributed by atoms with Crippen molar-refractivity contribution in [2.45, 2.75) is 19.3 Å². The summed E-state index contributed by atoms with van der Waals surface area (Å²) in [6.07, 6.45) is 5.77. The van der Waals surface area contributed by atoms with Crippen molar-refractivity contribution in [2.24, 2.45) is 4.99 Å². The van der Waals surface area contributed by atoms with Crippen LogP contribution in [0.5, 0.6) is 5.75 Å². The second-order valence-corrected chi connectivity index (χ2v) is 5.42. The first-order chi connectivity index (χ1) is 10.3. The Morgan fingerprint density at radius 1 is 0.952 bits per heavy atom. The molecule has 0 radical (unpaired) electrons. The van der Waals surface area contributed by atoms with Crippen LogP contribution in [0.15, 0.2) is 53.5 Å². The highest BCUT2D eigenvalue weighted by molar-refractivity contribution is 5.82. The number of aliphatic imine (C=N–C) groups is 1. The third kappa shape index (κ3) is 3.63. The molecular formula is C18H20N2O. The first-order valence-electron chi connectivity index (χ1n) is 7.49. The van der Waals surface area contributed by atoms with Crippen molar-refractivity contribution in [3.63, 3.8) is 0 Å². The van der Waals surface area contributed by atoms with Crippen molar-refractivity contribution in [1.29, 1.82) is 0 Å². The molecule has 0 unspecified atom stereocenters. The molecule has 0 aliphatic carbocycles. The van der Waals surface area contributed by atoms with Crippen molar-refractivity contribution in [1.82, 2.24) is 0 Å². The van der Waals surface area contributed by atoms with Gasteiger partial charge < -0.3 is 10.0 Å². The molecule has 1 heterocycles. The zero-order valence-electron chi connectivity index (χ0n) is 12.1. The number of anilines is 1. The Bertz CT molecular complexity index is 613. The quantitative estimate of drug-likeness (QED) is 0.858. The molecule has 0 atom stereocenters. The molecule has 1 aliphatic rings. The molecule has 108 valence electrons. The van der Waals surface area contributed by atoms with Crippen molar-refractivity contribution >= 4 is 17.6 Å². The molecule has 3 nitrogen and oxygen atoms in total. The van der Waals surface area contributed by atoms with E-state index in [-0.39, 0.29) is 5.75 Å². The Morgan fingerprint density at radius 3 is 2.43 bits per heavy atom. The molecule has 3 rings (SSSR count). The van der Waals surface area contributed by atoms with E-state index < -0.39 is 0 Å². The van der Waals surface area contributed by atoms with E-state index in [0.717, 1.165) is 24.3 Å². The van der Waals surface area contributed by atoms with Crippen molar-refractivity contribution in [3.8, 4) is 5.75 Å². The Balaban J connectivity index is 1.69. The van der Waals surface area contributed by atoms with E-state index in [1.807, 2.05) is 12.3 Å². The van der Waals surface area contributed by atoms with Crippen LogP contribution in [0.2, 0.25) is 0 Å². The van der Waals surface area contributed by atoms with Gasteiger partial charge in [-0.2, -0.15) is 0 Å². The largest absolute Gasteiger partial charge is 0.508 e. The van der Waals surface area contributed by atoms with Crippen LogP contribution >= 0.6 is 0 Å². The maximum absolute atomic E-state index is 9.41. The summed E-state index contributed by atoms with van der Waals surface area (Å²) in [6.45, 7) is 2.33. The number of phenols is 1. The number of nitrogens with zero attached hydrogens (tertiary/aromatic N) is 2. The van der Waals surface area contributed by atoms with Gasteiger partial charge in [-0.1, -0.05) is 18.2 Å². The molecule has 3 heteroatoms. The molecule has 0 bridgehead atoms. The Hall–Kier alpha value is -2.29. The Labute approximate surface area is 125 Å². The molecule has 0 amide bonds. The van der Waals surface area contributed by atoms with Gasteiger partial charge in [-0.15, -0.1) is 0 Å². The molecule has 1 aliphatic heterocycles. The van der Waals surface area contributed by atoms with Crippen LogP contribution in [-0.2, 0) is 0 Å². The van der Waals surface area contributed by atoms with Gasteiger partial charge in [0.05, 0.1) is 5.69 Å². The molecule has 1 fully saturated rings. The summed E-state index contributed by atoms with van der Waals surface area (Å²) in [5.41, 5.74) is 3.12. The van der Waals surface area contributed by atoms with Crippen LogP contribution in [-0.4, -0.2) is 24.4 Å². The number of hydrogen-bond donors (Lipinski definition) is 1. The van der Waals surface area contributed by atoms with Gasteiger partial charge in [-0.05, 0) is 49.1 Å². The minimum absolute atomic E-state index is 0.241. The SMILES string of the molecule is Oc1cccc(N=Cc2ccc(N3CCCCC3)cc2)c1. The van der Waals surface area contributed by atoms with Gasteiger partial charge in [0, 0.05) is 31.1 Å². The predicted molar refractivity (Wildman–Crippen MR) is 87.9 cm³/mol. The first-order valence-corrected chi connectivity index (χ1v) is 7.49. The van der Waals surface area contributed by atoms with Gasteiger partial charge in [-0.25, -0.2) is 0 Å². The van der Waals surface area contributed by atoms with Crippen LogP contribution < -0.4 is 4.90 Å². The van der Waals surface area contributed by atoms with Crippen LogP contribution in [0.4, 0.5) is 11.4 Å². The average molecular weight is 280 g/mol. The summed E-state index contributed by atoms with van der Waals surface area (Å²) in [4.78, 5) is 6.82. The van der Waals surface area contributed by atoms with E-state index in [0.29, 0.717) is 0 Å². The summed E-state index contributed by atoms with van der Waals surface area (Å²) in [7, 11) is 0. The minimum atomic E-state index is 0.241. The average Bonchev–Trinajstić information content (AvgIpc) is 2.54. The topological polar surface area (TPSA) is 35.8 Å². The summed E-state index contributed by atoms with van der Waals surface area (Å²) in [5, 5.41) is 9.41. The van der Waals surface area contributed by atoms with Crippen molar-refractivity contribution in [3.05, 3.63) is 54.1 Å². The lowest BCUT2D eigenvalue weighted by Crippen LogP contribution is -2.29. The molecule has 0 aromatic heterocycles. The van der Waals surface area contributed by atoms with Gasteiger partial charge in [0.1, 0.15) is 5.75 Å². The van der Waals surface area contributed by atoms with Gasteiger partial charge >= 0.3 is 0 Å². The molecule has 2 aromatic rings. The smallest absolute Gasteiger partial charge is 0.117 e. The van der Waals surface area contributed by atoms with Crippen molar-refractivity contribution < 1.29 is 5.11 Å². The van der Waals surface area contributed by atoms with Gasteiger partial charge in [-0.3, -0.25) is 4.99 Å². The number of hydrogen-bond acceptors (Lipinski definition) is 3. The predicted octanol–water partition coefficient (Wildman–Crippen LogP) is 4.13. The standard InChI is InChI=1S/C18H20N2O/c21-18-6-4-5-16(13-18)19-14-15-7-9-17(10-8-15)20-11-2-1-3-12-20/h4-10,13-14,21H,1-3,11-12H2. The molecule has 0 spiro atoms. The van der Waals surface area contributed by atoms with E-state index in [1.165, 1.54) is 24.9 Å². The molecular weight excluding hydrogens is 260 g/mol. The highest BCUT2D eigenvalue weighted by atomic mass is 16.3. The van der Waals surface area contributed by atoms with E-state index in [4.69, 9.17) is 0 Å². The summed E-state index contributed by atoms with van der Waals surface area (Å²) >= 11 is 0. The number of aromatic hydroxyl groups is 1. The molecule has 21 heavy (non-hydrogen) atoms. The third-order valence-electron chi connectivity index (χ3n) is 3.81. The second-order valence-electron chi connectivity index (χ2n) is 5.42. The van der Waals surface area contributed by atoms with Crippen LogP contribution in [0, 0.1) is 0 Å². The van der Waals surface area contributed by atoms with Crippen LogP contribution in [0.3, 0.4) is 0 Å². The zero-order chi connectivity index (χ0) is 14.5. The van der Waals surface area contributed by atoms with E-state index >= 15 is 0 Å². The normalized spacial score (nSPS) is 15.5. The molecule has 0 saturated carbocycles. The lowest BCUT2D eigenvalue weighted by atomic mass is 10.1. The molecule has 1 N–H and O–H groups in total. The van der Waals surface area contributed by atoms with E-state index in [9.17, 15) is 5.11 Å². The monoisotopic (exact) mass is 280 g/mol. The highest BCUT2D eigenvalue weighted by Gasteiger charge is 2.10. The van der Waals surface area contributed by atoms with Gasteiger partial charge in [0.15, 0.2) is 0 Å². The third-order valence-corrected chi connectivity index (χ3v) is 3.81. The fraction of sp³-hybridized carbons (Fsp3) is 0.278. The second kappa shape index (κ2) is 6.44. The number of piperidine rings is 1. The zero-order valence-corrected chi connectivity index (χ0v) is 12.1. The number of benzene rings is 2. The molecule has 1 saturated heterocycles. The lowest BCUT2D eigenvalue weighted by molar-refractivity contribution is 0.475. The van der Waals surface area contributed by atoms with E-state index in [2.05, 4.69) is 34.2 Å². The van der Waals surface area contributed by atoms with E-state index in [1.54, 1.807) is 18.2 Å². The Morgan fingerprint density at radius 2 is 1.71 bits per heavy atom. The number of phenolic OH excluding ortho intramolecular Hbond substituents is 1. The summed E-state index contributed by atoms with van der Waals surface area (Å²) < 4.78 is 0. The maximum atomic E-state index is 9.41. The summed E-state index contributed by atoms with van der Waals surface area (Å²) in [6, 6.07) is 15.5. The first kappa shape index (κ1) is 13.7. The number of rotatable bonds is 3. The van der Waals surface area contributed by atoms with Crippen LogP contribution in [0.25, 0.3) is 0 Å². The lowest BCUT2D eigenvalue weighted by Gasteiger charge is -2.28. The van der Waals surface area contributed by atoms with Crippen molar-refractivity contribution in [2.75, 3.05) is 18.0 Å². The fourth-order valence-corrected chi connectivity index (χ4v) is 2.65. The summed E-state index contributed by atoms with van der Waals surface area (Å²) in [5.74, 6) is 0.241. The van der Waals surface area contributed by atoms with Gasteiger partial charge in [0.2, 0.25) is 0 Å². The maximum Gasteiger partial charge on any atom is 0.117 e. The highest BCUT2D eigenvalue weighted by Crippen LogP contribution is 2.21. The van der Waals surface area contributed by atoms with Gasteiger partial charge in [0.25, 0.3) is 0 Å². The fourth-order valence-electron chi connectivity index (χ4n) is 2.65. The molecule has 2 aromatic carbocycles.